The molecule has 1 N–H and O–H groups in total. The van der Waals surface area contributed by atoms with Gasteiger partial charge in [-0.3, -0.25) is 14.5 Å². The molecule has 2 aliphatic rings. The van der Waals surface area contributed by atoms with Gasteiger partial charge in [0.15, 0.2) is 5.78 Å². The van der Waals surface area contributed by atoms with Crippen LogP contribution in [0.5, 0.6) is 0 Å². The van der Waals surface area contributed by atoms with Crippen LogP contribution < -0.4 is 5.32 Å². The minimum absolute atomic E-state index is 0.0537. The van der Waals surface area contributed by atoms with E-state index in [1.54, 1.807) is 12.1 Å². The summed E-state index contributed by atoms with van der Waals surface area (Å²) in [6, 6.07) is 9.13. The highest BCUT2D eigenvalue weighted by molar-refractivity contribution is 6.16. The number of carbonyl (C=O) groups excluding carboxylic acids is 2. The van der Waals surface area contributed by atoms with Gasteiger partial charge in [-0.1, -0.05) is 30.3 Å². The van der Waals surface area contributed by atoms with Crippen LogP contribution in [0, 0.1) is 5.41 Å². The first kappa shape index (κ1) is 19.1. The third-order valence-corrected chi connectivity index (χ3v) is 5.61. The lowest BCUT2D eigenvalue weighted by atomic mass is 9.93. The molecule has 2 atom stereocenters. The molecule has 1 aliphatic heterocycles. The van der Waals surface area contributed by atoms with Crippen molar-refractivity contribution in [3.8, 4) is 0 Å². The van der Waals surface area contributed by atoms with E-state index in [2.05, 4.69) is 37.9 Å². The van der Waals surface area contributed by atoms with Crippen molar-refractivity contribution in [1.29, 1.82) is 0 Å². The van der Waals surface area contributed by atoms with Crippen LogP contribution in [-0.2, 0) is 9.53 Å². The maximum Gasteiger partial charge on any atom is 0.234 e. The Kier molecular flexibility index (Phi) is 5.22. The molecule has 1 aliphatic carbocycles. The number of benzene rings is 1. The number of ether oxygens (including phenoxy) is 1. The highest BCUT2D eigenvalue weighted by Crippen LogP contribution is 2.48. The summed E-state index contributed by atoms with van der Waals surface area (Å²) in [5.41, 5.74) is -0.424. The highest BCUT2D eigenvalue weighted by atomic mass is 16.5. The average molecular weight is 358 g/mol. The van der Waals surface area contributed by atoms with E-state index in [1.807, 2.05) is 18.2 Å². The molecule has 5 nitrogen and oxygen atoms in total. The molecule has 1 heterocycles. The predicted octanol–water partition coefficient (Wildman–Crippen LogP) is 2.65. The van der Waals surface area contributed by atoms with Gasteiger partial charge in [-0.15, -0.1) is 0 Å². The molecule has 3 rings (SSSR count). The molecular weight excluding hydrogens is 328 g/mol. The van der Waals surface area contributed by atoms with Gasteiger partial charge in [0, 0.05) is 30.7 Å². The second kappa shape index (κ2) is 7.12. The van der Waals surface area contributed by atoms with Crippen LogP contribution in [0.1, 0.15) is 50.9 Å². The first-order valence-electron chi connectivity index (χ1n) is 9.53. The van der Waals surface area contributed by atoms with Crippen molar-refractivity contribution in [3.05, 3.63) is 35.9 Å². The molecule has 0 radical (unpaired) electrons. The van der Waals surface area contributed by atoms with Crippen LogP contribution in [-0.4, -0.2) is 54.0 Å². The van der Waals surface area contributed by atoms with Gasteiger partial charge in [0.2, 0.25) is 5.91 Å². The lowest BCUT2D eigenvalue weighted by Gasteiger charge is -2.45. The second-order valence-corrected chi connectivity index (χ2v) is 8.43. The van der Waals surface area contributed by atoms with Crippen molar-refractivity contribution in [1.82, 2.24) is 10.2 Å². The van der Waals surface area contributed by atoms with E-state index in [-0.39, 0.29) is 29.4 Å². The number of Topliss-reactive ketones (excluding diaryl/α,β-unsaturated/α-hetero) is 1. The molecular formula is C21H30N2O3. The quantitative estimate of drug-likeness (QED) is 0.627. The number of nitrogens with zero attached hydrogens (tertiary/aromatic N) is 1. The Morgan fingerprint density at radius 3 is 2.27 bits per heavy atom. The van der Waals surface area contributed by atoms with Gasteiger partial charge in [0.25, 0.3) is 0 Å². The zero-order valence-corrected chi connectivity index (χ0v) is 16.2. The molecule has 1 aromatic carbocycles. The molecule has 1 amide bonds. The van der Waals surface area contributed by atoms with Crippen LogP contribution >= 0.6 is 0 Å². The van der Waals surface area contributed by atoms with Gasteiger partial charge in [-0.05, 0) is 40.5 Å². The zero-order chi connectivity index (χ0) is 18.9. The predicted molar refractivity (Wildman–Crippen MR) is 101 cm³/mol. The summed E-state index contributed by atoms with van der Waals surface area (Å²) in [6.45, 7) is 10.6. The van der Waals surface area contributed by atoms with Crippen molar-refractivity contribution >= 4 is 11.7 Å². The number of hydrogen-bond donors (Lipinski definition) is 1. The summed E-state index contributed by atoms with van der Waals surface area (Å²) in [5.74, 6) is -0.184. The summed E-state index contributed by atoms with van der Waals surface area (Å²) in [5, 5.41) is 3.06. The molecule has 0 bridgehead atoms. The maximum absolute atomic E-state index is 12.8. The summed E-state index contributed by atoms with van der Waals surface area (Å²) < 4.78 is 5.81. The summed E-state index contributed by atoms with van der Waals surface area (Å²) >= 11 is 0. The molecule has 0 unspecified atom stereocenters. The highest BCUT2D eigenvalue weighted by Gasteiger charge is 2.56. The van der Waals surface area contributed by atoms with Gasteiger partial charge in [-0.25, -0.2) is 0 Å². The minimum atomic E-state index is -0.858. The van der Waals surface area contributed by atoms with Gasteiger partial charge in [-0.2, -0.15) is 0 Å². The molecule has 26 heavy (non-hydrogen) atoms. The standard InChI is InChI=1S/C21H30N2O3/c1-15-12-23(13-16(2)26-15)20(3,4)14-22-19(25)21(10-11-21)18(24)17-8-6-5-7-9-17/h5-9,15-16H,10-14H2,1-4H3,(H,22,25)/t15-,16-/m1/s1. The lowest BCUT2D eigenvalue weighted by Crippen LogP contribution is -2.59. The van der Waals surface area contributed by atoms with Gasteiger partial charge in [0.1, 0.15) is 5.41 Å². The van der Waals surface area contributed by atoms with E-state index in [0.29, 0.717) is 24.9 Å². The Labute approximate surface area is 156 Å². The molecule has 142 valence electrons. The summed E-state index contributed by atoms with van der Waals surface area (Å²) in [6.07, 6.45) is 1.64. The summed E-state index contributed by atoms with van der Waals surface area (Å²) in [4.78, 5) is 28.0. The van der Waals surface area contributed by atoms with Crippen LogP contribution in [0.15, 0.2) is 30.3 Å². The van der Waals surface area contributed by atoms with Crippen LogP contribution in [0.25, 0.3) is 0 Å². The molecule has 1 aromatic rings. The van der Waals surface area contributed by atoms with Crippen molar-refractivity contribution in [3.63, 3.8) is 0 Å². The normalized spacial score (nSPS) is 25.5. The zero-order valence-electron chi connectivity index (χ0n) is 16.2. The van der Waals surface area contributed by atoms with Gasteiger partial charge in [0.05, 0.1) is 12.2 Å². The number of amides is 1. The fraction of sp³-hybridized carbons (Fsp3) is 0.619. The Balaban J connectivity index is 1.62. The van der Waals surface area contributed by atoms with E-state index < -0.39 is 5.41 Å². The number of nitrogens with one attached hydrogen (secondary N) is 1. The van der Waals surface area contributed by atoms with E-state index in [0.717, 1.165) is 13.1 Å². The Morgan fingerprint density at radius 2 is 1.73 bits per heavy atom. The second-order valence-electron chi connectivity index (χ2n) is 8.43. The smallest absolute Gasteiger partial charge is 0.234 e. The van der Waals surface area contributed by atoms with Crippen molar-refractivity contribution in [2.24, 2.45) is 5.41 Å². The first-order valence-corrected chi connectivity index (χ1v) is 9.53. The van der Waals surface area contributed by atoms with Crippen molar-refractivity contribution in [2.45, 2.75) is 58.3 Å². The third-order valence-electron chi connectivity index (χ3n) is 5.61. The first-order chi connectivity index (χ1) is 12.2. The van der Waals surface area contributed by atoms with Crippen molar-refractivity contribution in [2.75, 3.05) is 19.6 Å². The molecule has 1 saturated heterocycles. The number of ketones is 1. The molecule has 2 fully saturated rings. The third kappa shape index (κ3) is 3.84. The minimum Gasteiger partial charge on any atom is -0.373 e. The SMILES string of the molecule is C[C@@H]1CN(C(C)(C)CNC(=O)C2(C(=O)c3ccccc3)CC2)C[C@@H](C)O1. The fourth-order valence-electron chi connectivity index (χ4n) is 3.80. The van der Waals surface area contributed by atoms with Crippen LogP contribution in [0.4, 0.5) is 0 Å². The molecule has 5 heteroatoms. The lowest BCUT2D eigenvalue weighted by molar-refractivity contribution is -0.126. The van der Waals surface area contributed by atoms with Gasteiger partial charge < -0.3 is 10.1 Å². The van der Waals surface area contributed by atoms with Gasteiger partial charge >= 0.3 is 0 Å². The van der Waals surface area contributed by atoms with Crippen LogP contribution in [0.3, 0.4) is 0 Å². The van der Waals surface area contributed by atoms with Crippen molar-refractivity contribution < 1.29 is 14.3 Å². The Morgan fingerprint density at radius 1 is 1.15 bits per heavy atom. The van der Waals surface area contributed by atoms with E-state index in [1.165, 1.54) is 0 Å². The number of carbonyl (C=O) groups is 2. The van der Waals surface area contributed by atoms with E-state index >= 15 is 0 Å². The molecule has 0 spiro atoms. The average Bonchev–Trinajstić information content (AvgIpc) is 3.41. The number of hydrogen-bond acceptors (Lipinski definition) is 4. The van der Waals surface area contributed by atoms with E-state index in [4.69, 9.17) is 4.74 Å². The summed E-state index contributed by atoms with van der Waals surface area (Å²) in [7, 11) is 0. The maximum atomic E-state index is 12.8. The van der Waals surface area contributed by atoms with Crippen LogP contribution in [0.2, 0.25) is 0 Å². The van der Waals surface area contributed by atoms with E-state index in [9.17, 15) is 9.59 Å². The Hall–Kier alpha value is -1.72. The molecule has 0 aromatic heterocycles. The number of rotatable bonds is 6. The largest absolute Gasteiger partial charge is 0.373 e. The number of morpholine rings is 1. The topological polar surface area (TPSA) is 58.6 Å². The Bertz CT molecular complexity index is 657. The fourth-order valence-corrected chi connectivity index (χ4v) is 3.80. The molecule has 1 saturated carbocycles. The monoisotopic (exact) mass is 358 g/mol.